The number of aliphatic hydroxyl groups is 1. The predicted molar refractivity (Wildman–Crippen MR) is 227 cm³/mol. The topological polar surface area (TPSA) is 364 Å². The van der Waals surface area contributed by atoms with Gasteiger partial charge in [0.25, 0.3) is 5.91 Å². The van der Waals surface area contributed by atoms with Crippen LogP contribution in [0, 0.1) is 0 Å². The third-order valence-electron chi connectivity index (χ3n) is 10.00. The number of alkyl carbamates (subject to hydrolysis) is 1. The third-order valence-corrected chi connectivity index (χ3v) is 10.00. The van der Waals surface area contributed by atoms with Crippen molar-refractivity contribution < 1.29 is 57.4 Å². The van der Waals surface area contributed by atoms with Crippen LogP contribution in [0.15, 0.2) is 105 Å². The molecule has 10 atom stereocenters. The molecular weight excluding hydrogens is 869 g/mol. The minimum absolute atomic E-state index is 0.0305. The van der Waals surface area contributed by atoms with Gasteiger partial charge in [0.1, 0.15) is 43.5 Å². The van der Waals surface area contributed by atoms with Crippen LogP contribution >= 0.6 is 0 Å². The number of rotatable bonds is 23. The number of carbonyl (C=O) groups is 3. The Labute approximate surface area is 375 Å². The summed E-state index contributed by atoms with van der Waals surface area (Å²) in [6.45, 7) is -1.66. The van der Waals surface area contributed by atoms with Gasteiger partial charge in [0, 0.05) is 31.8 Å². The Morgan fingerprint density at radius 3 is 1.82 bits per heavy atom. The van der Waals surface area contributed by atoms with Crippen molar-refractivity contribution in [1.82, 2.24) is 10.6 Å². The number of ether oxygens (including phenoxy) is 8. The van der Waals surface area contributed by atoms with Crippen molar-refractivity contribution in [2.45, 2.75) is 81.1 Å². The number of amides is 2. The van der Waals surface area contributed by atoms with E-state index >= 15 is 0 Å². The monoisotopic (exact) mass is 914 g/mol. The lowest BCUT2D eigenvalue weighted by atomic mass is 9.94. The Morgan fingerprint density at radius 1 is 0.667 bits per heavy atom. The molecule has 0 saturated carbocycles. The van der Waals surface area contributed by atoms with Gasteiger partial charge in [-0.25, -0.2) is 4.79 Å². The van der Waals surface area contributed by atoms with Gasteiger partial charge in [0.2, 0.25) is 0 Å². The van der Waals surface area contributed by atoms with E-state index in [0.29, 0.717) is 11.1 Å². The number of esters is 1. The van der Waals surface area contributed by atoms with Gasteiger partial charge in [-0.3, -0.25) is 9.59 Å². The first-order chi connectivity index (χ1) is 32.2. The molecule has 3 N–H and O–H groups in total. The number of methoxy groups -OCH3 is 1. The van der Waals surface area contributed by atoms with Crippen LogP contribution in [0.1, 0.15) is 27.0 Å². The van der Waals surface area contributed by atoms with Gasteiger partial charge in [-0.05, 0) is 50.9 Å². The van der Waals surface area contributed by atoms with Gasteiger partial charge in [-0.15, -0.1) is 0 Å². The number of benzene rings is 3. The molecule has 3 aromatic carbocycles. The van der Waals surface area contributed by atoms with Crippen molar-refractivity contribution in [3.8, 4) is 0 Å². The second-order valence-electron chi connectivity index (χ2n) is 14.2. The lowest BCUT2D eigenvalue weighted by Crippen LogP contribution is -2.64. The van der Waals surface area contributed by atoms with Crippen molar-refractivity contribution in [2.75, 3.05) is 39.9 Å². The van der Waals surface area contributed by atoms with Gasteiger partial charge < -0.3 is 53.6 Å². The zero-order valence-corrected chi connectivity index (χ0v) is 35.3. The van der Waals surface area contributed by atoms with Crippen LogP contribution in [-0.4, -0.2) is 124 Å². The molecule has 0 bridgehead atoms. The van der Waals surface area contributed by atoms with Crippen LogP contribution < -0.4 is 10.6 Å². The number of carbonyl (C=O) groups excluding carboxylic acids is 3. The smallest absolute Gasteiger partial charge is 0.407 e. The third kappa shape index (κ3) is 14.7. The van der Waals surface area contributed by atoms with E-state index in [1.807, 2.05) is 6.07 Å². The Bertz CT molecular complexity index is 2240. The van der Waals surface area contributed by atoms with Gasteiger partial charge in [0.15, 0.2) is 12.6 Å². The summed E-state index contributed by atoms with van der Waals surface area (Å²) in [5.74, 6) is -1.10. The number of aliphatic hydroxyl groups excluding tert-OH is 1. The normalized spacial score (nSPS) is 24.4. The molecule has 5 rings (SSSR count). The summed E-state index contributed by atoms with van der Waals surface area (Å²) in [5, 5.41) is 31.5. The summed E-state index contributed by atoms with van der Waals surface area (Å²) in [7, 11) is 1.20. The van der Waals surface area contributed by atoms with Crippen molar-refractivity contribution in [3.63, 3.8) is 0 Å². The molecule has 0 unspecified atom stereocenters. The van der Waals surface area contributed by atoms with Crippen LogP contribution in [-0.2, 0) is 62.5 Å². The average Bonchev–Trinajstić information content (AvgIpc) is 3.34. The highest BCUT2D eigenvalue weighted by molar-refractivity contribution is 5.95. The van der Waals surface area contributed by atoms with E-state index in [2.05, 4.69) is 55.5 Å². The van der Waals surface area contributed by atoms with E-state index in [9.17, 15) is 36.1 Å². The quantitative estimate of drug-likeness (QED) is 0.0364. The molecule has 2 saturated heterocycles. The van der Waals surface area contributed by atoms with Gasteiger partial charge >= 0.3 is 12.1 Å². The molecular formula is C40H46N14O12. The minimum Gasteiger partial charge on any atom is -0.468 e. The van der Waals surface area contributed by atoms with Crippen molar-refractivity contribution in [1.29, 1.82) is 0 Å². The van der Waals surface area contributed by atoms with Crippen LogP contribution in [0.25, 0.3) is 41.8 Å². The summed E-state index contributed by atoms with van der Waals surface area (Å²) in [6.07, 6.45) is -11.6. The second kappa shape index (κ2) is 26.6. The average molecular weight is 915 g/mol. The summed E-state index contributed by atoms with van der Waals surface area (Å²) in [6, 6.07) is 21.3. The summed E-state index contributed by atoms with van der Waals surface area (Å²) < 4.78 is 47.2. The molecule has 2 aliphatic heterocycles. The van der Waals surface area contributed by atoms with E-state index in [4.69, 9.17) is 38.7 Å². The highest BCUT2D eigenvalue weighted by atomic mass is 16.7. The van der Waals surface area contributed by atoms with Crippen molar-refractivity contribution in [2.24, 2.45) is 20.5 Å². The van der Waals surface area contributed by atoms with Gasteiger partial charge in [-0.1, -0.05) is 93.3 Å². The van der Waals surface area contributed by atoms with E-state index < -0.39 is 85.8 Å². The van der Waals surface area contributed by atoms with E-state index in [1.165, 1.54) is 19.2 Å². The molecule has 0 aliphatic carbocycles. The van der Waals surface area contributed by atoms with E-state index in [0.717, 1.165) is 5.56 Å². The number of hydrogen-bond acceptors (Lipinski definition) is 16. The van der Waals surface area contributed by atoms with Crippen LogP contribution in [0.2, 0.25) is 0 Å². The fraction of sp³-hybridized carbons (Fsp3) is 0.475. The largest absolute Gasteiger partial charge is 0.468 e. The van der Waals surface area contributed by atoms with Gasteiger partial charge in [0.05, 0.1) is 58.3 Å². The first-order valence-electron chi connectivity index (χ1n) is 20.2. The Kier molecular flexibility index (Phi) is 20.1. The maximum absolute atomic E-state index is 12.6. The Hall–Kier alpha value is -7.17. The molecule has 26 nitrogen and oxygen atoms in total. The highest BCUT2D eigenvalue weighted by Crippen LogP contribution is 2.35. The van der Waals surface area contributed by atoms with Crippen LogP contribution in [0.4, 0.5) is 4.79 Å². The first kappa shape index (κ1) is 49.8. The molecule has 2 fully saturated rings. The van der Waals surface area contributed by atoms with Gasteiger partial charge in [-0.2, -0.15) is 0 Å². The molecule has 2 aliphatic rings. The van der Waals surface area contributed by atoms with Crippen LogP contribution in [0.3, 0.4) is 0 Å². The molecule has 0 spiro atoms. The standard InChI is InChI=1S/C40H46N14O12/c1-59-30(55)20-46-37(57)27-14-12-26(13-15-27)23-63-40(58)45-16-17-60-38-32(50-54-44)36(62-22-25-10-6-3-7-11-25)34(29(65-38)19-48-52-42)66-39-31(49-53-43)35(33(56)28(64-39)18-47-51-41)61-21-24-8-4-2-5-9-24/h2-15,28-29,31-36,38-39,56H,16-23H2,1H3,(H,45,58)(H,46,57)/t28-,29-,31-,32-,33-,34-,35-,36-,38-,39+/m1/s1. The molecule has 0 aromatic heterocycles. The van der Waals surface area contributed by atoms with Crippen LogP contribution in [0.5, 0.6) is 0 Å². The molecule has 2 amide bonds. The summed E-state index contributed by atoms with van der Waals surface area (Å²) in [5.41, 5.74) is 40.3. The first-order valence-corrected chi connectivity index (χ1v) is 20.2. The molecule has 2 heterocycles. The highest BCUT2D eigenvalue weighted by Gasteiger charge is 2.52. The molecule has 3 aromatic rings. The SMILES string of the molecule is COC(=O)CNC(=O)c1ccc(COC(=O)NCCO[C@@H]2O[C@H](CN=[N+]=[N-])[C@@H](O[C@@H]3O[C@H](CN=[N+]=[N-])[C@@H](O)[C@H](OCc4ccccc4)[C@H]3N=[N+]=[N-])[C@H](OCc3ccccc3)[C@H]2N=[N+]=[N-])cc1. The Morgan fingerprint density at radius 2 is 1.23 bits per heavy atom. The molecule has 348 valence electrons. The van der Waals surface area contributed by atoms with Crippen molar-refractivity contribution in [3.05, 3.63) is 149 Å². The number of nitrogens with one attached hydrogen (secondary N) is 2. The maximum Gasteiger partial charge on any atom is 0.407 e. The number of hydrogen-bond donors (Lipinski definition) is 3. The Balaban J connectivity index is 1.32. The maximum atomic E-state index is 12.6. The fourth-order valence-corrected chi connectivity index (χ4v) is 6.79. The van der Waals surface area contributed by atoms with Crippen molar-refractivity contribution >= 4 is 18.0 Å². The number of nitrogens with zero attached hydrogens (tertiary/aromatic N) is 12. The molecule has 26 heteroatoms. The lowest BCUT2D eigenvalue weighted by Gasteiger charge is -2.48. The van der Waals surface area contributed by atoms with E-state index in [-0.39, 0.29) is 51.6 Å². The molecule has 0 radical (unpaired) electrons. The summed E-state index contributed by atoms with van der Waals surface area (Å²) in [4.78, 5) is 47.8. The summed E-state index contributed by atoms with van der Waals surface area (Å²) >= 11 is 0. The lowest BCUT2D eigenvalue weighted by molar-refractivity contribution is -0.328. The zero-order chi connectivity index (χ0) is 47.1. The molecule has 66 heavy (non-hydrogen) atoms. The predicted octanol–water partition coefficient (Wildman–Crippen LogP) is 5.18. The number of azide groups is 4. The zero-order valence-electron chi connectivity index (χ0n) is 35.3. The second-order valence-corrected chi connectivity index (χ2v) is 14.2. The minimum atomic E-state index is -1.55. The van der Waals surface area contributed by atoms with E-state index in [1.54, 1.807) is 66.7 Å². The fourth-order valence-electron chi connectivity index (χ4n) is 6.79.